The molecule has 1 amide bonds. The molecule has 0 saturated heterocycles. The number of nitro groups is 1. The number of halogens is 3. The SMILES string of the molecule is Cc1cc([N+](=O)[O-])ccc1NC(=O)C(C)Cn1nc(C(F)(F)F)cc1C. The van der Waals surface area contributed by atoms with E-state index in [4.69, 9.17) is 0 Å². The van der Waals surface area contributed by atoms with Crippen LogP contribution in [-0.2, 0) is 17.5 Å². The van der Waals surface area contributed by atoms with E-state index in [0.29, 0.717) is 16.9 Å². The minimum Gasteiger partial charge on any atom is -0.326 e. The van der Waals surface area contributed by atoms with Crippen LogP contribution < -0.4 is 5.32 Å². The Labute approximate surface area is 147 Å². The second kappa shape index (κ2) is 7.14. The van der Waals surface area contributed by atoms with Crippen molar-refractivity contribution in [1.82, 2.24) is 9.78 Å². The van der Waals surface area contributed by atoms with Gasteiger partial charge in [0.15, 0.2) is 5.69 Å². The molecule has 10 heteroatoms. The molecule has 1 N–H and O–H groups in total. The first-order chi connectivity index (χ1) is 12.0. The Morgan fingerprint density at radius 2 is 2.00 bits per heavy atom. The van der Waals surface area contributed by atoms with E-state index < -0.39 is 28.6 Å². The minimum absolute atomic E-state index is 0.0280. The standard InChI is InChI=1S/C16H17F3N4O3/c1-9-6-12(23(25)26)4-5-13(9)20-15(24)10(2)8-22-11(3)7-14(21-22)16(17,18)19/h4-7,10H,8H2,1-3H3,(H,20,24). The summed E-state index contributed by atoms with van der Waals surface area (Å²) in [6.45, 7) is 4.62. The smallest absolute Gasteiger partial charge is 0.326 e. The first-order valence-corrected chi connectivity index (χ1v) is 7.66. The summed E-state index contributed by atoms with van der Waals surface area (Å²) in [4.78, 5) is 22.5. The van der Waals surface area contributed by atoms with Crippen molar-refractivity contribution >= 4 is 17.3 Å². The number of alkyl halides is 3. The van der Waals surface area contributed by atoms with Gasteiger partial charge in [0, 0.05) is 23.5 Å². The average molecular weight is 370 g/mol. The van der Waals surface area contributed by atoms with E-state index in [1.54, 1.807) is 13.8 Å². The summed E-state index contributed by atoms with van der Waals surface area (Å²) in [7, 11) is 0. The minimum atomic E-state index is -4.54. The zero-order valence-corrected chi connectivity index (χ0v) is 14.3. The van der Waals surface area contributed by atoms with Gasteiger partial charge in [-0.2, -0.15) is 18.3 Å². The number of rotatable bonds is 5. The fourth-order valence-corrected chi connectivity index (χ4v) is 2.33. The van der Waals surface area contributed by atoms with Gasteiger partial charge in [-0.15, -0.1) is 0 Å². The third kappa shape index (κ3) is 4.38. The van der Waals surface area contributed by atoms with Crippen molar-refractivity contribution in [3.8, 4) is 0 Å². The number of hydrogen-bond donors (Lipinski definition) is 1. The first kappa shape index (κ1) is 19.4. The van der Waals surface area contributed by atoms with Crippen LogP contribution >= 0.6 is 0 Å². The molecule has 140 valence electrons. The van der Waals surface area contributed by atoms with Crippen LogP contribution in [0.1, 0.15) is 23.9 Å². The van der Waals surface area contributed by atoms with Gasteiger partial charge in [0.1, 0.15) is 0 Å². The number of carbonyl (C=O) groups is 1. The maximum Gasteiger partial charge on any atom is 0.435 e. The molecule has 1 aromatic heterocycles. The Hall–Kier alpha value is -2.91. The highest BCUT2D eigenvalue weighted by atomic mass is 19.4. The number of nitrogens with zero attached hydrogens (tertiary/aromatic N) is 3. The van der Waals surface area contributed by atoms with Crippen LogP contribution in [0.15, 0.2) is 24.3 Å². The van der Waals surface area contributed by atoms with Gasteiger partial charge in [-0.05, 0) is 31.5 Å². The second-order valence-corrected chi connectivity index (χ2v) is 6.00. The van der Waals surface area contributed by atoms with Gasteiger partial charge < -0.3 is 5.32 Å². The maximum atomic E-state index is 12.7. The van der Waals surface area contributed by atoms with E-state index in [1.807, 2.05) is 0 Å². The number of carbonyl (C=O) groups excluding carboxylic acids is 1. The molecule has 1 aromatic carbocycles. The molecule has 1 heterocycles. The van der Waals surface area contributed by atoms with E-state index in [2.05, 4.69) is 10.4 Å². The number of aryl methyl sites for hydroxylation is 2. The lowest BCUT2D eigenvalue weighted by Gasteiger charge is -2.14. The number of amides is 1. The summed E-state index contributed by atoms with van der Waals surface area (Å²) in [6, 6.07) is 4.93. The Bertz CT molecular complexity index is 846. The third-order valence-corrected chi connectivity index (χ3v) is 3.84. The quantitative estimate of drug-likeness (QED) is 0.642. The van der Waals surface area contributed by atoms with Gasteiger partial charge in [0.05, 0.1) is 17.4 Å². The van der Waals surface area contributed by atoms with Gasteiger partial charge in [-0.1, -0.05) is 6.92 Å². The van der Waals surface area contributed by atoms with Gasteiger partial charge in [0.25, 0.3) is 5.69 Å². The Balaban J connectivity index is 2.09. The topological polar surface area (TPSA) is 90.1 Å². The molecule has 0 saturated carbocycles. The van der Waals surface area contributed by atoms with E-state index in [-0.39, 0.29) is 12.2 Å². The fourth-order valence-electron chi connectivity index (χ4n) is 2.33. The van der Waals surface area contributed by atoms with E-state index in [0.717, 1.165) is 10.7 Å². The maximum absolute atomic E-state index is 12.7. The van der Waals surface area contributed by atoms with Crippen molar-refractivity contribution < 1.29 is 22.9 Å². The lowest BCUT2D eigenvalue weighted by atomic mass is 10.1. The Morgan fingerprint density at radius 1 is 1.35 bits per heavy atom. The Kier molecular flexibility index (Phi) is 5.33. The summed E-state index contributed by atoms with van der Waals surface area (Å²) in [5.74, 6) is -1.09. The molecule has 1 atom stereocenters. The molecule has 0 aliphatic carbocycles. The van der Waals surface area contributed by atoms with Crippen LogP contribution in [-0.4, -0.2) is 20.6 Å². The zero-order valence-electron chi connectivity index (χ0n) is 14.3. The van der Waals surface area contributed by atoms with Gasteiger partial charge in [0.2, 0.25) is 5.91 Å². The highest BCUT2D eigenvalue weighted by Crippen LogP contribution is 2.28. The number of anilines is 1. The van der Waals surface area contributed by atoms with Crippen molar-refractivity contribution in [3.05, 3.63) is 51.3 Å². The monoisotopic (exact) mass is 370 g/mol. The molecule has 0 spiro atoms. The van der Waals surface area contributed by atoms with Crippen LogP contribution in [0, 0.1) is 29.9 Å². The number of hydrogen-bond acceptors (Lipinski definition) is 4. The largest absolute Gasteiger partial charge is 0.435 e. The molecule has 0 aliphatic heterocycles. The number of benzene rings is 1. The zero-order chi connectivity index (χ0) is 19.6. The van der Waals surface area contributed by atoms with Crippen LogP contribution in [0.2, 0.25) is 0 Å². The average Bonchev–Trinajstić information content (AvgIpc) is 2.90. The molecule has 1 unspecified atom stereocenters. The normalized spacial score (nSPS) is 12.7. The van der Waals surface area contributed by atoms with Gasteiger partial charge in [-0.3, -0.25) is 19.6 Å². The van der Waals surface area contributed by atoms with E-state index >= 15 is 0 Å². The highest BCUT2D eigenvalue weighted by Gasteiger charge is 2.34. The summed E-state index contributed by atoms with van der Waals surface area (Å²) in [6.07, 6.45) is -4.54. The molecule has 2 rings (SSSR count). The van der Waals surface area contributed by atoms with Crippen molar-refractivity contribution in [2.24, 2.45) is 5.92 Å². The highest BCUT2D eigenvalue weighted by molar-refractivity contribution is 5.93. The van der Waals surface area contributed by atoms with E-state index in [1.165, 1.54) is 25.1 Å². The van der Waals surface area contributed by atoms with Gasteiger partial charge >= 0.3 is 6.18 Å². The predicted molar refractivity (Wildman–Crippen MR) is 87.6 cm³/mol. The summed E-state index contributed by atoms with van der Waals surface area (Å²) in [5, 5.41) is 16.9. The summed E-state index contributed by atoms with van der Waals surface area (Å²) >= 11 is 0. The Morgan fingerprint density at radius 3 is 2.50 bits per heavy atom. The molecule has 26 heavy (non-hydrogen) atoms. The lowest BCUT2D eigenvalue weighted by Crippen LogP contribution is -2.25. The molecular formula is C16H17F3N4O3. The molecule has 2 aromatic rings. The lowest BCUT2D eigenvalue weighted by molar-refractivity contribution is -0.384. The number of nitrogens with one attached hydrogen (secondary N) is 1. The van der Waals surface area contributed by atoms with Crippen molar-refractivity contribution in [2.75, 3.05) is 5.32 Å². The van der Waals surface area contributed by atoms with Crippen molar-refractivity contribution in [2.45, 2.75) is 33.5 Å². The molecule has 0 radical (unpaired) electrons. The molecule has 0 aliphatic rings. The van der Waals surface area contributed by atoms with Crippen LogP contribution in [0.3, 0.4) is 0 Å². The summed E-state index contributed by atoms with van der Waals surface area (Å²) in [5.41, 5.74) is 0.104. The predicted octanol–water partition coefficient (Wildman–Crippen LogP) is 3.70. The number of aromatic nitrogens is 2. The van der Waals surface area contributed by atoms with Crippen molar-refractivity contribution in [3.63, 3.8) is 0 Å². The van der Waals surface area contributed by atoms with Crippen LogP contribution in [0.4, 0.5) is 24.5 Å². The molecule has 0 fully saturated rings. The van der Waals surface area contributed by atoms with Crippen LogP contribution in [0.5, 0.6) is 0 Å². The third-order valence-electron chi connectivity index (χ3n) is 3.84. The van der Waals surface area contributed by atoms with Gasteiger partial charge in [-0.25, -0.2) is 0 Å². The number of nitro benzene ring substituents is 1. The fraction of sp³-hybridized carbons (Fsp3) is 0.375. The molecule has 7 nitrogen and oxygen atoms in total. The second-order valence-electron chi connectivity index (χ2n) is 6.00. The first-order valence-electron chi connectivity index (χ1n) is 7.66. The van der Waals surface area contributed by atoms with Crippen LogP contribution in [0.25, 0.3) is 0 Å². The molecule has 0 bridgehead atoms. The molecular weight excluding hydrogens is 353 g/mol. The summed E-state index contributed by atoms with van der Waals surface area (Å²) < 4.78 is 39.2. The van der Waals surface area contributed by atoms with E-state index in [9.17, 15) is 28.1 Å². The number of non-ortho nitro benzene ring substituents is 1. The van der Waals surface area contributed by atoms with Crippen molar-refractivity contribution in [1.29, 1.82) is 0 Å².